The molecule has 2 saturated heterocycles. The Morgan fingerprint density at radius 1 is 0.727 bits per heavy atom. The van der Waals surface area contributed by atoms with E-state index in [0.29, 0.717) is 5.69 Å². The van der Waals surface area contributed by atoms with Crippen LogP contribution in [0.1, 0.15) is 11.6 Å². The van der Waals surface area contributed by atoms with Gasteiger partial charge in [0, 0.05) is 4.47 Å². The lowest BCUT2D eigenvalue weighted by atomic mass is 9.87. The number of imide groups is 1. The highest BCUT2D eigenvalue weighted by molar-refractivity contribution is 9.10. The van der Waals surface area contributed by atoms with E-state index in [4.69, 9.17) is 4.84 Å². The highest BCUT2D eigenvalue weighted by atomic mass is 79.9. The number of benzene rings is 4. The third-order valence-corrected chi connectivity index (χ3v) is 6.83. The van der Waals surface area contributed by atoms with E-state index in [2.05, 4.69) is 34.1 Å². The Hall–Kier alpha value is -3.48. The maximum Gasteiger partial charge on any atom is 0.266 e. The maximum absolute atomic E-state index is 13.8. The molecule has 6 heteroatoms. The monoisotopic (exact) mass is 498 g/mol. The summed E-state index contributed by atoms with van der Waals surface area (Å²) in [6, 6.07) is 30.5. The van der Waals surface area contributed by atoms with Crippen LogP contribution in [0.15, 0.2) is 102 Å². The summed E-state index contributed by atoms with van der Waals surface area (Å²) < 4.78 is 0.801. The van der Waals surface area contributed by atoms with Crippen molar-refractivity contribution >= 4 is 49.9 Å². The number of para-hydroxylation sites is 1. The van der Waals surface area contributed by atoms with Crippen molar-refractivity contribution in [1.29, 1.82) is 0 Å². The van der Waals surface area contributed by atoms with Crippen LogP contribution in [0.5, 0.6) is 0 Å². The molecule has 2 fully saturated rings. The van der Waals surface area contributed by atoms with Crippen molar-refractivity contribution in [2.24, 2.45) is 5.92 Å². The number of hydroxylamine groups is 1. The molecule has 2 aliphatic heterocycles. The van der Waals surface area contributed by atoms with Crippen molar-refractivity contribution in [2.45, 2.75) is 12.1 Å². The number of carbonyl (C=O) groups is 2. The van der Waals surface area contributed by atoms with Crippen molar-refractivity contribution in [3.05, 3.63) is 107 Å². The van der Waals surface area contributed by atoms with Gasteiger partial charge in [0.15, 0.2) is 6.10 Å². The van der Waals surface area contributed by atoms with Crippen LogP contribution in [-0.2, 0) is 14.4 Å². The van der Waals surface area contributed by atoms with Gasteiger partial charge in [0.1, 0.15) is 5.92 Å². The van der Waals surface area contributed by atoms with Crippen LogP contribution in [0.2, 0.25) is 0 Å². The molecule has 6 rings (SSSR count). The highest BCUT2D eigenvalue weighted by Gasteiger charge is 2.60. The second-order valence-electron chi connectivity index (χ2n) is 8.22. The summed E-state index contributed by atoms with van der Waals surface area (Å²) in [4.78, 5) is 34.8. The number of hydrogen-bond donors (Lipinski definition) is 0. The van der Waals surface area contributed by atoms with Crippen molar-refractivity contribution in [2.75, 3.05) is 9.96 Å². The summed E-state index contributed by atoms with van der Waals surface area (Å²) in [6.07, 6.45) is -0.888. The van der Waals surface area contributed by atoms with E-state index < -0.39 is 18.1 Å². The number of fused-ring (bicyclic) bond motifs is 2. The molecule has 3 unspecified atom stereocenters. The van der Waals surface area contributed by atoms with Gasteiger partial charge in [-0.15, -0.1) is 0 Å². The first-order valence-corrected chi connectivity index (χ1v) is 11.5. The van der Waals surface area contributed by atoms with Gasteiger partial charge in [-0.3, -0.25) is 14.4 Å². The number of carbonyl (C=O) groups excluding carboxylic acids is 2. The smallest absolute Gasteiger partial charge is 0.266 e. The number of anilines is 2. The molecule has 2 aliphatic rings. The van der Waals surface area contributed by atoms with E-state index in [1.54, 1.807) is 17.2 Å². The molecule has 0 spiro atoms. The maximum atomic E-state index is 13.8. The molecule has 0 aliphatic carbocycles. The Bertz CT molecular complexity index is 1390. The molecular formula is C27H19BrN2O3. The van der Waals surface area contributed by atoms with Gasteiger partial charge in [-0.25, -0.2) is 9.96 Å². The Morgan fingerprint density at radius 3 is 2.24 bits per heavy atom. The molecule has 0 bridgehead atoms. The van der Waals surface area contributed by atoms with E-state index in [1.165, 1.54) is 4.90 Å². The fourth-order valence-electron chi connectivity index (χ4n) is 4.91. The van der Waals surface area contributed by atoms with E-state index in [-0.39, 0.29) is 11.8 Å². The Balaban J connectivity index is 1.51. The average molecular weight is 499 g/mol. The third kappa shape index (κ3) is 3.17. The summed E-state index contributed by atoms with van der Waals surface area (Å²) in [5.41, 5.74) is 2.31. The van der Waals surface area contributed by atoms with Crippen LogP contribution in [0.3, 0.4) is 0 Å². The second-order valence-corrected chi connectivity index (χ2v) is 9.13. The lowest BCUT2D eigenvalue weighted by Gasteiger charge is -2.29. The fourth-order valence-corrected chi connectivity index (χ4v) is 5.29. The number of nitrogens with zero attached hydrogens (tertiary/aromatic N) is 2. The van der Waals surface area contributed by atoms with Crippen molar-refractivity contribution in [1.82, 2.24) is 0 Å². The van der Waals surface area contributed by atoms with Crippen molar-refractivity contribution < 1.29 is 14.4 Å². The predicted octanol–water partition coefficient (Wildman–Crippen LogP) is 5.65. The first kappa shape index (κ1) is 20.1. The van der Waals surface area contributed by atoms with Gasteiger partial charge in [0.25, 0.3) is 5.91 Å². The summed E-state index contributed by atoms with van der Waals surface area (Å²) in [5.74, 6) is -1.26. The molecule has 2 amide bonds. The molecule has 3 atom stereocenters. The molecule has 2 heterocycles. The first-order valence-electron chi connectivity index (χ1n) is 10.8. The van der Waals surface area contributed by atoms with Crippen LogP contribution in [-0.4, -0.2) is 17.9 Å². The lowest BCUT2D eigenvalue weighted by molar-refractivity contribution is -0.126. The molecular weight excluding hydrogens is 480 g/mol. The first-order chi connectivity index (χ1) is 16.1. The molecule has 4 aromatic rings. The normalized spacial score (nSPS) is 22.3. The Morgan fingerprint density at radius 2 is 1.42 bits per heavy atom. The second kappa shape index (κ2) is 7.83. The van der Waals surface area contributed by atoms with Gasteiger partial charge < -0.3 is 0 Å². The number of hydrogen-bond acceptors (Lipinski definition) is 4. The van der Waals surface area contributed by atoms with Gasteiger partial charge in [0.2, 0.25) is 5.91 Å². The SMILES string of the molecule is O=C1C2ON(c3ccccc3)C(c3cccc4ccccc34)C2C(=O)N1c1cccc(Br)c1. The topological polar surface area (TPSA) is 49.9 Å². The minimum atomic E-state index is -0.888. The van der Waals surface area contributed by atoms with Crippen LogP contribution >= 0.6 is 15.9 Å². The van der Waals surface area contributed by atoms with Crippen molar-refractivity contribution in [3.8, 4) is 0 Å². The number of halogens is 1. The zero-order chi connectivity index (χ0) is 22.5. The molecule has 162 valence electrons. The van der Waals surface area contributed by atoms with Crippen LogP contribution < -0.4 is 9.96 Å². The lowest BCUT2D eigenvalue weighted by Crippen LogP contribution is -2.37. The molecule has 33 heavy (non-hydrogen) atoms. The van der Waals surface area contributed by atoms with Gasteiger partial charge in [0.05, 0.1) is 17.4 Å². The quantitative estimate of drug-likeness (QED) is 0.342. The van der Waals surface area contributed by atoms with Crippen LogP contribution in [0, 0.1) is 5.92 Å². The molecule has 0 saturated carbocycles. The summed E-state index contributed by atoms with van der Waals surface area (Å²) in [7, 11) is 0. The van der Waals surface area contributed by atoms with E-state index >= 15 is 0 Å². The van der Waals surface area contributed by atoms with E-state index in [1.807, 2.05) is 66.7 Å². The standard InChI is InChI=1S/C27H19BrN2O3/c28-18-10-7-13-20(16-18)29-26(31)23-24(22-15-6-9-17-8-4-5-14-21(17)22)30(33-25(23)27(29)32)19-11-2-1-3-12-19/h1-16,23-25H. The average Bonchev–Trinajstić information content (AvgIpc) is 3.35. The van der Waals surface area contributed by atoms with E-state index in [0.717, 1.165) is 26.5 Å². The molecule has 0 radical (unpaired) electrons. The summed E-state index contributed by atoms with van der Waals surface area (Å²) in [5, 5.41) is 3.86. The minimum Gasteiger partial charge on any atom is -0.273 e. The molecule has 5 nitrogen and oxygen atoms in total. The minimum absolute atomic E-state index is 0.250. The van der Waals surface area contributed by atoms with E-state index in [9.17, 15) is 9.59 Å². The zero-order valence-corrected chi connectivity index (χ0v) is 19.1. The Labute approximate surface area is 199 Å². The third-order valence-electron chi connectivity index (χ3n) is 6.33. The fraction of sp³-hybridized carbons (Fsp3) is 0.111. The van der Waals surface area contributed by atoms with Gasteiger partial charge in [-0.1, -0.05) is 82.7 Å². The highest BCUT2D eigenvalue weighted by Crippen LogP contribution is 2.49. The molecule has 0 N–H and O–H groups in total. The molecule has 4 aromatic carbocycles. The van der Waals surface area contributed by atoms with Crippen molar-refractivity contribution in [3.63, 3.8) is 0 Å². The van der Waals surface area contributed by atoms with Crippen LogP contribution in [0.4, 0.5) is 11.4 Å². The zero-order valence-electron chi connectivity index (χ0n) is 17.5. The van der Waals surface area contributed by atoms with Gasteiger partial charge >= 0.3 is 0 Å². The summed E-state index contributed by atoms with van der Waals surface area (Å²) >= 11 is 3.44. The largest absolute Gasteiger partial charge is 0.273 e. The number of rotatable bonds is 3. The molecule has 0 aromatic heterocycles. The van der Waals surface area contributed by atoms with Gasteiger partial charge in [-0.2, -0.15) is 0 Å². The Kier molecular flexibility index (Phi) is 4.78. The summed E-state index contributed by atoms with van der Waals surface area (Å²) in [6.45, 7) is 0. The van der Waals surface area contributed by atoms with Crippen LogP contribution in [0.25, 0.3) is 10.8 Å². The predicted molar refractivity (Wildman–Crippen MR) is 131 cm³/mol. The number of amides is 2. The van der Waals surface area contributed by atoms with Gasteiger partial charge in [-0.05, 0) is 46.7 Å².